The largest absolute Gasteiger partial charge is 0.493 e. The van der Waals surface area contributed by atoms with Crippen LogP contribution in [-0.2, 0) is 4.74 Å². The van der Waals surface area contributed by atoms with Crippen LogP contribution in [0.25, 0.3) is 0 Å². The van der Waals surface area contributed by atoms with Gasteiger partial charge < -0.3 is 24.6 Å². The van der Waals surface area contributed by atoms with Gasteiger partial charge in [-0.15, -0.1) is 0 Å². The van der Waals surface area contributed by atoms with Crippen molar-refractivity contribution >= 4 is 29.6 Å². The zero-order valence-electron chi connectivity index (χ0n) is 21.7. The number of amides is 2. The molecule has 0 bridgehead atoms. The van der Waals surface area contributed by atoms with Gasteiger partial charge in [-0.3, -0.25) is 10.1 Å². The minimum Gasteiger partial charge on any atom is -0.493 e. The van der Waals surface area contributed by atoms with Gasteiger partial charge in [0, 0.05) is 24.3 Å². The van der Waals surface area contributed by atoms with Crippen LogP contribution < -0.4 is 20.1 Å². The Labute approximate surface area is 210 Å². The van der Waals surface area contributed by atoms with Crippen molar-refractivity contribution < 1.29 is 33.7 Å². The van der Waals surface area contributed by atoms with Crippen molar-refractivity contribution in [3.8, 4) is 11.5 Å². The van der Waals surface area contributed by atoms with Crippen molar-refractivity contribution in [1.29, 1.82) is 0 Å². The molecule has 11 heteroatoms. The van der Waals surface area contributed by atoms with Crippen LogP contribution in [0.4, 0.5) is 16.4 Å². The van der Waals surface area contributed by atoms with Crippen LogP contribution in [0.5, 0.6) is 11.5 Å². The summed E-state index contributed by atoms with van der Waals surface area (Å²) in [4.78, 5) is 44.8. The van der Waals surface area contributed by atoms with E-state index in [4.69, 9.17) is 14.2 Å². The normalized spacial score (nSPS) is 11.2. The number of carbonyl (C=O) groups is 3. The van der Waals surface area contributed by atoms with E-state index in [1.54, 1.807) is 20.8 Å². The minimum absolute atomic E-state index is 0.0551. The third-order valence-corrected chi connectivity index (χ3v) is 4.09. The second-order valence-corrected chi connectivity index (χ2v) is 9.94. The molecule has 2 amide bonds. The first-order valence-electron chi connectivity index (χ1n) is 11.6. The lowest BCUT2D eigenvalue weighted by atomic mass is 10.2. The molecular weight excluding hydrogens is 468 g/mol. The lowest BCUT2D eigenvalue weighted by molar-refractivity contribution is 0.0633. The van der Waals surface area contributed by atoms with E-state index >= 15 is 0 Å². The molecule has 3 N–H and O–H groups in total. The summed E-state index contributed by atoms with van der Waals surface area (Å²) in [5.41, 5.74) is -1.23. The summed E-state index contributed by atoms with van der Waals surface area (Å²) >= 11 is 0. The molecule has 0 aliphatic carbocycles. The Morgan fingerprint density at radius 1 is 0.833 bits per heavy atom. The Morgan fingerprint density at radius 3 is 1.83 bits per heavy atom. The SMILES string of the molecule is CC(C)COc1cc(NC(=O)OC(C)(C)C)nc(NC(=O)c2cc(OCC(C)C)cc(C(=O)O)n2)c1. The molecular formula is C25H34N4O7. The van der Waals surface area contributed by atoms with Crippen LogP contribution >= 0.6 is 0 Å². The molecule has 0 saturated carbocycles. The Balaban J connectivity index is 2.33. The maximum absolute atomic E-state index is 13.0. The van der Waals surface area contributed by atoms with Crippen LogP contribution in [-0.4, -0.2) is 51.9 Å². The van der Waals surface area contributed by atoms with Gasteiger partial charge in [0.05, 0.1) is 13.2 Å². The summed E-state index contributed by atoms with van der Waals surface area (Å²) in [6, 6.07) is 5.59. The number of anilines is 2. The number of nitrogens with zero attached hydrogens (tertiary/aromatic N) is 2. The Morgan fingerprint density at radius 2 is 1.33 bits per heavy atom. The highest BCUT2D eigenvalue weighted by atomic mass is 16.6. The number of carboxylic acid groups (broad SMARTS) is 1. The molecule has 0 spiro atoms. The third kappa shape index (κ3) is 9.77. The van der Waals surface area contributed by atoms with Gasteiger partial charge in [0.1, 0.15) is 34.4 Å². The fourth-order valence-electron chi connectivity index (χ4n) is 2.65. The Kier molecular flexibility index (Phi) is 9.60. The number of aromatic carboxylic acids is 1. The fraction of sp³-hybridized carbons (Fsp3) is 0.480. The van der Waals surface area contributed by atoms with Crippen molar-refractivity contribution in [3.05, 3.63) is 35.7 Å². The van der Waals surface area contributed by atoms with E-state index in [2.05, 4.69) is 20.6 Å². The average molecular weight is 503 g/mol. The van der Waals surface area contributed by atoms with Crippen molar-refractivity contribution in [1.82, 2.24) is 9.97 Å². The maximum Gasteiger partial charge on any atom is 0.413 e. The molecule has 0 saturated heterocycles. The molecule has 0 aliphatic heterocycles. The van der Waals surface area contributed by atoms with Gasteiger partial charge in [-0.05, 0) is 32.6 Å². The molecule has 36 heavy (non-hydrogen) atoms. The number of carboxylic acids is 1. The molecule has 0 aromatic carbocycles. The van der Waals surface area contributed by atoms with E-state index in [9.17, 15) is 19.5 Å². The van der Waals surface area contributed by atoms with Crippen molar-refractivity contribution in [2.45, 2.75) is 54.1 Å². The molecule has 196 valence electrons. The van der Waals surface area contributed by atoms with E-state index in [1.165, 1.54) is 24.3 Å². The number of pyridine rings is 2. The summed E-state index contributed by atoms with van der Waals surface area (Å²) in [7, 11) is 0. The van der Waals surface area contributed by atoms with Gasteiger partial charge >= 0.3 is 12.1 Å². The molecule has 11 nitrogen and oxygen atoms in total. The molecule has 2 aromatic rings. The molecule has 2 aromatic heterocycles. The van der Waals surface area contributed by atoms with Gasteiger partial charge in [0.2, 0.25) is 0 Å². The summed E-state index contributed by atoms with van der Waals surface area (Å²) in [5, 5.41) is 14.5. The van der Waals surface area contributed by atoms with Crippen molar-refractivity contribution in [2.75, 3.05) is 23.8 Å². The van der Waals surface area contributed by atoms with Gasteiger partial charge in [-0.2, -0.15) is 0 Å². The number of ether oxygens (including phenoxy) is 3. The number of hydrogen-bond donors (Lipinski definition) is 3. The molecule has 2 rings (SSSR count). The highest BCUT2D eigenvalue weighted by molar-refractivity contribution is 6.03. The number of carbonyl (C=O) groups excluding carboxylic acids is 2. The van der Waals surface area contributed by atoms with Crippen LogP contribution in [0.2, 0.25) is 0 Å². The lowest BCUT2D eigenvalue weighted by Gasteiger charge is -2.20. The van der Waals surface area contributed by atoms with E-state index in [-0.39, 0.29) is 40.6 Å². The predicted molar refractivity (Wildman–Crippen MR) is 134 cm³/mol. The summed E-state index contributed by atoms with van der Waals surface area (Å²) < 4.78 is 16.6. The van der Waals surface area contributed by atoms with E-state index in [1.807, 2.05) is 27.7 Å². The zero-order valence-corrected chi connectivity index (χ0v) is 21.7. The molecule has 0 radical (unpaired) electrons. The van der Waals surface area contributed by atoms with Gasteiger partial charge in [0.15, 0.2) is 5.69 Å². The highest BCUT2D eigenvalue weighted by Crippen LogP contribution is 2.23. The van der Waals surface area contributed by atoms with Gasteiger partial charge in [0.25, 0.3) is 5.91 Å². The quantitative estimate of drug-likeness (QED) is 0.414. The number of aromatic nitrogens is 2. The third-order valence-electron chi connectivity index (χ3n) is 4.09. The minimum atomic E-state index is -1.30. The fourth-order valence-corrected chi connectivity index (χ4v) is 2.65. The average Bonchev–Trinajstić information content (AvgIpc) is 2.74. The highest BCUT2D eigenvalue weighted by Gasteiger charge is 2.19. The van der Waals surface area contributed by atoms with Crippen LogP contribution in [0.15, 0.2) is 24.3 Å². The standard InChI is InChI=1S/C25H34N4O7/c1-14(2)12-34-16-8-18(26-19(9-16)23(31)32)22(30)28-20-10-17(35-13-15(3)4)11-21(27-20)29-24(33)36-25(5,6)7/h8-11,14-15H,12-13H2,1-7H3,(H,31,32)(H2,27,28,29,30,33). The van der Waals surface area contributed by atoms with Crippen molar-refractivity contribution in [3.63, 3.8) is 0 Å². The summed E-state index contributed by atoms with van der Waals surface area (Å²) in [5.74, 6) is -0.894. The summed E-state index contributed by atoms with van der Waals surface area (Å²) in [6.45, 7) is 13.7. The van der Waals surface area contributed by atoms with E-state index in [0.717, 1.165) is 0 Å². The lowest BCUT2D eigenvalue weighted by Crippen LogP contribution is -2.27. The first kappa shape index (κ1) is 28.3. The second kappa shape index (κ2) is 12.2. The Hall–Kier alpha value is -3.89. The maximum atomic E-state index is 13.0. The van der Waals surface area contributed by atoms with Gasteiger partial charge in [-0.1, -0.05) is 27.7 Å². The smallest absolute Gasteiger partial charge is 0.413 e. The van der Waals surface area contributed by atoms with Crippen LogP contribution in [0, 0.1) is 11.8 Å². The zero-order chi connectivity index (χ0) is 27.0. The van der Waals surface area contributed by atoms with E-state index in [0.29, 0.717) is 19.0 Å². The first-order chi connectivity index (χ1) is 16.7. The molecule has 0 aliphatic rings. The number of nitrogens with one attached hydrogen (secondary N) is 2. The van der Waals surface area contributed by atoms with Gasteiger partial charge in [-0.25, -0.2) is 19.6 Å². The second-order valence-electron chi connectivity index (χ2n) is 9.94. The molecule has 0 unspecified atom stereocenters. The summed E-state index contributed by atoms with van der Waals surface area (Å²) in [6.07, 6.45) is -0.726. The molecule has 2 heterocycles. The topological polar surface area (TPSA) is 149 Å². The number of hydrogen-bond acceptors (Lipinski definition) is 8. The van der Waals surface area contributed by atoms with E-state index < -0.39 is 23.6 Å². The Bertz CT molecular complexity index is 1090. The van der Waals surface area contributed by atoms with Crippen molar-refractivity contribution in [2.24, 2.45) is 11.8 Å². The van der Waals surface area contributed by atoms with Crippen LogP contribution in [0.3, 0.4) is 0 Å². The first-order valence-corrected chi connectivity index (χ1v) is 11.6. The monoisotopic (exact) mass is 502 g/mol. The van der Waals surface area contributed by atoms with Crippen LogP contribution in [0.1, 0.15) is 69.4 Å². The number of rotatable bonds is 10. The predicted octanol–water partition coefficient (Wildman–Crippen LogP) is 4.84. The molecule has 0 fully saturated rings. The molecule has 0 atom stereocenters.